The number of carbonyl (C=O) groups excluding carboxylic acids is 1. The minimum atomic E-state index is 0.123. The first-order chi connectivity index (χ1) is 9.15. The summed E-state index contributed by atoms with van der Waals surface area (Å²) in [5.74, 6) is 0.356. The third-order valence-corrected chi connectivity index (χ3v) is 3.62. The van der Waals surface area contributed by atoms with Crippen LogP contribution in [0.25, 0.3) is 0 Å². The Morgan fingerprint density at radius 3 is 2.74 bits per heavy atom. The molecule has 0 spiro atoms. The lowest BCUT2D eigenvalue weighted by molar-refractivity contribution is -0.129. The zero-order valence-corrected chi connectivity index (χ0v) is 11.4. The zero-order chi connectivity index (χ0) is 13.7. The summed E-state index contributed by atoms with van der Waals surface area (Å²) >= 11 is 0. The highest BCUT2D eigenvalue weighted by Gasteiger charge is 2.17. The second kappa shape index (κ2) is 6.57. The number of nitrogens with one attached hydrogen (secondary N) is 1. The van der Waals surface area contributed by atoms with Crippen molar-refractivity contribution in [2.75, 3.05) is 20.1 Å². The number of phenols is 1. The SMILES string of the molecule is CN(CC1CCCCN1)C(=O)Cc1ccc(O)cc1. The molecule has 1 amide bonds. The van der Waals surface area contributed by atoms with Crippen molar-refractivity contribution in [1.29, 1.82) is 0 Å². The van der Waals surface area contributed by atoms with E-state index in [0.29, 0.717) is 12.5 Å². The Balaban J connectivity index is 1.83. The van der Waals surface area contributed by atoms with Crippen molar-refractivity contribution in [2.45, 2.75) is 31.7 Å². The molecule has 0 saturated carbocycles. The minimum absolute atomic E-state index is 0.123. The molecule has 1 aromatic rings. The van der Waals surface area contributed by atoms with Crippen LogP contribution in [0.1, 0.15) is 24.8 Å². The van der Waals surface area contributed by atoms with Crippen molar-refractivity contribution < 1.29 is 9.90 Å². The second-order valence-corrected chi connectivity index (χ2v) is 5.26. The predicted molar refractivity (Wildman–Crippen MR) is 75.1 cm³/mol. The lowest BCUT2D eigenvalue weighted by atomic mass is 10.0. The van der Waals surface area contributed by atoms with Crippen molar-refractivity contribution in [3.8, 4) is 5.75 Å². The van der Waals surface area contributed by atoms with E-state index in [0.717, 1.165) is 25.1 Å². The van der Waals surface area contributed by atoms with Crippen LogP contribution in [0, 0.1) is 0 Å². The molecule has 104 valence electrons. The smallest absolute Gasteiger partial charge is 0.226 e. The summed E-state index contributed by atoms with van der Waals surface area (Å²) < 4.78 is 0. The fourth-order valence-corrected chi connectivity index (χ4v) is 2.44. The molecule has 0 radical (unpaired) electrons. The maximum absolute atomic E-state index is 12.1. The van der Waals surface area contributed by atoms with Gasteiger partial charge in [0.05, 0.1) is 6.42 Å². The number of carbonyl (C=O) groups is 1. The lowest BCUT2D eigenvalue weighted by Crippen LogP contribution is -2.44. The first-order valence-corrected chi connectivity index (χ1v) is 6.90. The molecule has 1 aromatic carbocycles. The average molecular weight is 262 g/mol. The highest BCUT2D eigenvalue weighted by Crippen LogP contribution is 2.12. The van der Waals surface area contributed by atoms with E-state index < -0.39 is 0 Å². The van der Waals surface area contributed by atoms with Crippen LogP contribution >= 0.6 is 0 Å². The largest absolute Gasteiger partial charge is 0.508 e. The molecule has 0 aromatic heterocycles. The number of hydrogen-bond donors (Lipinski definition) is 2. The summed E-state index contributed by atoms with van der Waals surface area (Å²) in [7, 11) is 1.86. The van der Waals surface area contributed by atoms with Crippen molar-refractivity contribution in [2.24, 2.45) is 0 Å². The van der Waals surface area contributed by atoms with Gasteiger partial charge in [-0.2, -0.15) is 0 Å². The first-order valence-electron chi connectivity index (χ1n) is 6.90. The van der Waals surface area contributed by atoms with Gasteiger partial charge >= 0.3 is 0 Å². The molecule has 1 heterocycles. The maximum Gasteiger partial charge on any atom is 0.226 e. The van der Waals surface area contributed by atoms with E-state index >= 15 is 0 Å². The second-order valence-electron chi connectivity index (χ2n) is 5.26. The van der Waals surface area contributed by atoms with Crippen molar-refractivity contribution in [1.82, 2.24) is 10.2 Å². The summed E-state index contributed by atoms with van der Waals surface area (Å²) in [5.41, 5.74) is 0.936. The Kier molecular flexibility index (Phi) is 4.80. The molecule has 0 aliphatic carbocycles. The van der Waals surface area contributed by atoms with E-state index in [2.05, 4.69) is 5.32 Å². The molecule has 1 saturated heterocycles. The normalized spacial score (nSPS) is 19.1. The van der Waals surface area contributed by atoms with Gasteiger partial charge in [0.25, 0.3) is 0 Å². The average Bonchev–Trinajstić information content (AvgIpc) is 2.42. The number of amides is 1. The summed E-state index contributed by atoms with van der Waals surface area (Å²) in [6.45, 7) is 1.83. The Bertz CT molecular complexity index is 411. The minimum Gasteiger partial charge on any atom is -0.508 e. The molecule has 1 unspecified atom stereocenters. The topological polar surface area (TPSA) is 52.6 Å². The van der Waals surface area contributed by atoms with Crippen LogP contribution in [0.5, 0.6) is 5.75 Å². The molecular formula is C15H22N2O2. The molecule has 1 fully saturated rings. The standard InChI is InChI=1S/C15H22N2O2/c1-17(11-13-4-2-3-9-16-13)15(19)10-12-5-7-14(18)8-6-12/h5-8,13,16,18H,2-4,9-11H2,1H3. The van der Waals surface area contributed by atoms with Crippen LogP contribution in [-0.2, 0) is 11.2 Å². The number of rotatable bonds is 4. The Morgan fingerprint density at radius 1 is 1.37 bits per heavy atom. The van der Waals surface area contributed by atoms with E-state index in [1.165, 1.54) is 12.8 Å². The third-order valence-electron chi connectivity index (χ3n) is 3.62. The monoisotopic (exact) mass is 262 g/mol. The van der Waals surface area contributed by atoms with E-state index in [9.17, 15) is 9.90 Å². The van der Waals surface area contributed by atoms with Crippen molar-refractivity contribution in [3.05, 3.63) is 29.8 Å². The van der Waals surface area contributed by atoms with Gasteiger partial charge in [0, 0.05) is 19.6 Å². The van der Waals surface area contributed by atoms with Crippen molar-refractivity contribution in [3.63, 3.8) is 0 Å². The van der Waals surface area contributed by atoms with Gasteiger partial charge < -0.3 is 15.3 Å². The van der Waals surface area contributed by atoms with Crippen LogP contribution in [0.3, 0.4) is 0 Å². The molecule has 2 N–H and O–H groups in total. The summed E-state index contributed by atoms with van der Waals surface area (Å²) in [5, 5.41) is 12.7. The maximum atomic E-state index is 12.1. The fourth-order valence-electron chi connectivity index (χ4n) is 2.44. The van der Waals surface area contributed by atoms with Crippen molar-refractivity contribution >= 4 is 5.91 Å². The number of benzene rings is 1. The van der Waals surface area contributed by atoms with Gasteiger partial charge in [-0.3, -0.25) is 4.79 Å². The van der Waals surface area contributed by atoms with Gasteiger partial charge in [0.15, 0.2) is 0 Å². The van der Waals surface area contributed by atoms with E-state index in [1.54, 1.807) is 29.2 Å². The number of piperidine rings is 1. The van der Waals surface area contributed by atoms with Gasteiger partial charge in [-0.25, -0.2) is 0 Å². The van der Waals surface area contributed by atoms with Gasteiger partial charge in [0.2, 0.25) is 5.91 Å². The quantitative estimate of drug-likeness (QED) is 0.865. The fraction of sp³-hybridized carbons (Fsp3) is 0.533. The molecule has 1 aliphatic heterocycles. The summed E-state index contributed by atoms with van der Waals surface area (Å²) in [4.78, 5) is 13.9. The molecule has 4 heteroatoms. The Morgan fingerprint density at radius 2 is 2.11 bits per heavy atom. The molecule has 4 nitrogen and oxygen atoms in total. The van der Waals surface area contributed by atoms with Gasteiger partial charge in [-0.15, -0.1) is 0 Å². The lowest BCUT2D eigenvalue weighted by Gasteiger charge is -2.28. The van der Waals surface area contributed by atoms with E-state index in [1.807, 2.05) is 7.05 Å². The van der Waals surface area contributed by atoms with E-state index in [4.69, 9.17) is 0 Å². The van der Waals surface area contributed by atoms with Crippen LogP contribution in [0.4, 0.5) is 0 Å². The number of phenolic OH excluding ortho intramolecular Hbond substituents is 1. The number of nitrogens with zero attached hydrogens (tertiary/aromatic N) is 1. The Hall–Kier alpha value is -1.55. The van der Waals surface area contributed by atoms with Gasteiger partial charge in [-0.1, -0.05) is 18.6 Å². The molecule has 1 aliphatic rings. The highest BCUT2D eigenvalue weighted by atomic mass is 16.3. The highest BCUT2D eigenvalue weighted by molar-refractivity contribution is 5.78. The van der Waals surface area contributed by atoms with Gasteiger partial charge in [-0.05, 0) is 37.1 Å². The molecule has 2 rings (SSSR count). The van der Waals surface area contributed by atoms with Crippen LogP contribution in [0.15, 0.2) is 24.3 Å². The third kappa shape index (κ3) is 4.24. The van der Waals surface area contributed by atoms with Gasteiger partial charge in [0.1, 0.15) is 5.75 Å². The van der Waals surface area contributed by atoms with Crippen LogP contribution in [0.2, 0.25) is 0 Å². The van der Waals surface area contributed by atoms with E-state index in [-0.39, 0.29) is 11.7 Å². The first kappa shape index (κ1) is 13.9. The van der Waals surface area contributed by atoms with Crippen LogP contribution < -0.4 is 5.32 Å². The predicted octanol–water partition coefficient (Wildman–Crippen LogP) is 1.54. The Labute approximate surface area is 114 Å². The summed E-state index contributed by atoms with van der Waals surface area (Å²) in [6.07, 6.45) is 4.03. The zero-order valence-electron chi connectivity index (χ0n) is 11.4. The number of hydrogen-bond acceptors (Lipinski definition) is 3. The molecule has 0 bridgehead atoms. The number of aromatic hydroxyl groups is 1. The number of likely N-dealkylation sites (N-methyl/N-ethyl adjacent to an activating group) is 1. The summed E-state index contributed by atoms with van der Waals surface area (Å²) in [6, 6.07) is 7.25. The molecule has 19 heavy (non-hydrogen) atoms. The van der Waals surface area contributed by atoms with Crippen LogP contribution in [-0.4, -0.2) is 42.1 Å². The molecular weight excluding hydrogens is 240 g/mol. The molecule has 1 atom stereocenters.